The van der Waals surface area contributed by atoms with Crippen LogP contribution in [0.4, 0.5) is 10.2 Å². The number of nitrogens with zero attached hydrogens (tertiary/aromatic N) is 4. The van der Waals surface area contributed by atoms with Gasteiger partial charge in [0.15, 0.2) is 21.3 Å². The van der Waals surface area contributed by atoms with E-state index in [9.17, 15) is 12.8 Å². The van der Waals surface area contributed by atoms with Gasteiger partial charge >= 0.3 is 0 Å². The second-order valence-electron chi connectivity index (χ2n) is 9.55. The Morgan fingerprint density at radius 1 is 1.18 bits per heavy atom. The van der Waals surface area contributed by atoms with E-state index in [-0.39, 0.29) is 52.8 Å². The molecule has 3 heterocycles. The van der Waals surface area contributed by atoms with Crippen molar-refractivity contribution in [2.75, 3.05) is 25.6 Å². The first-order valence-corrected chi connectivity index (χ1v) is 14.3. The van der Waals surface area contributed by atoms with E-state index in [0.29, 0.717) is 24.4 Å². The van der Waals surface area contributed by atoms with Gasteiger partial charge in [-0.25, -0.2) is 22.8 Å². The normalized spacial score (nSPS) is 16.3. The minimum atomic E-state index is -3.58. The number of aliphatic hydroxyl groups is 1. The summed E-state index contributed by atoms with van der Waals surface area (Å²) < 4.78 is 51.4. The molecule has 1 aliphatic rings. The molecule has 40 heavy (non-hydrogen) atoms. The molecular formula is C27H29FN6O5S. The average molecular weight is 569 g/mol. The lowest BCUT2D eigenvalue weighted by Crippen LogP contribution is -2.28. The number of aliphatic hydroxyl groups excluding tert-OH is 1. The molecule has 1 unspecified atom stereocenters. The van der Waals surface area contributed by atoms with Gasteiger partial charge in [0.25, 0.3) is 11.8 Å². The lowest BCUT2D eigenvalue weighted by molar-refractivity contribution is 0.190. The highest BCUT2D eigenvalue weighted by Gasteiger charge is 2.23. The third kappa shape index (κ3) is 5.87. The Bertz CT molecular complexity index is 1590. The third-order valence-corrected chi connectivity index (χ3v) is 8.99. The van der Waals surface area contributed by atoms with E-state index < -0.39 is 20.9 Å². The zero-order valence-electron chi connectivity index (χ0n) is 21.7. The molecule has 0 spiro atoms. The Balaban J connectivity index is 1.35. The summed E-state index contributed by atoms with van der Waals surface area (Å²) in [6, 6.07) is 11.2. The summed E-state index contributed by atoms with van der Waals surface area (Å²) in [6.07, 6.45) is 2.51. The van der Waals surface area contributed by atoms with Crippen LogP contribution in [0, 0.1) is 5.82 Å². The maximum Gasteiger partial charge on any atom is 0.270 e. The van der Waals surface area contributed by atoms with E-state index in [2.05, 4.69) is 25.5 Å². The van der Waals surface area contributed by atoms with Crippen molar-refractivity contribution < 1.29 is 27.1 Å². The molecule has 0 amide bonds. The summed E-state index contributed by atoms with van der Waals surface area (Å²) in [5.74, 6) is -0.540. The molecule has 4 aromatic rings. The van der Waals surface area contributed by atoms with Gasteiger partial charge < -0.3 is 25.3 Å². The van der Waals surface area contributed by atoms with E-state index in [1.807, 2.05) is 0 Å². The van der Waals surface area contributed by atoms with Crippen LogP contribution in [0.15, 0.2) is 58.0 Å². The van der Waals surface area contributed by atoms with Crippen molar-refractivity contribution >= 4 is 15.7 Å². The van der Waals surface area contributed by atoms with Crippen molar-refractivity contribution in [2.24, 2.45) is 0 Å². The number of ether oxygens (including phenoxy) is 1. The van der Waals surface area contributed by atoms with Gasteiger partial charge in [-0.15, -0.1) is 10.2 Å². The van der Waals surface area contributed by atoms with E-state index in [0.717, 1.165) is 18.6 Å². The van der Waals surface area contributed by atoms with Gasteiger partial charge in [-0.3, -0.25) is 0 Å². The van der Waals surface area contributed by atoms with Crippen LogP contribution in [0.5, 0.6) is 0 Å². The number of nitrogens with two attached hydrogens (primary N) is 1. The number of sulfone groups is 1. The van der Waals surface area contributed by atoms with E-state index in [4.69, 9.17) is 20.0 Å². The van der Waals surface area contributed by atoms with E-state index in [1.54, 1.807) is 31.2 Å². The Morgan fingerprint density at radius 2 is 1.95 bits per heavy atom. The lowest BCUT2D eigenvalue weighted by atomic mass is 10.1. The number of anilines is 1. The number of hydrogen-bond acceptors (Lipinski definition) is 11. The van der Waals surface area contributed by atoms with Gasteiger partial charge in [-0.1, -0.05) is 18.2 Å². The fourth-order valence-corrected chi connectivity index (χ4v) is 5.70. The minimum Gasteiger partial charge on any atom is -0.414 e. The predicted molar refractivity (Wildman–Crippen MR) is 145 cm³/mol. The standard InChI is InChI=1S/C27H29FN6O5S/c1-16(8-10-35)40(36,37)20-5-3-18(4-6-20)23-14-31-25(29)24(32-23)27-34-33-26(39-27)21-7-2-17(12-22(21)28)13-30-19-9-11-38-15-19/h2-7,12,14,16,19,30,35H,8-11,13,15H2,1H3,(H2,29,31)/t16?,19-/m1/s1. The second-order valence-corrected chi connectivity index (χ2v) is 11.9. The number of halogens is 1. The van der Waals surface area contributed by atoms with Crippen LogP contribution < -0.4 is 11.1 Å². The summed E-state index contributed by atoms with van der Waals surface area (Å²) in [7, 11) is -3.58. The van der Waals surface area contributed by atoms with Crippen LogP contribution in [0.3, 0.4) is 0 Å². The number of hydrogen-bond donors (Lipinski definition) is 3. The SMILES string of the molecule is CC(CCO)S(=O)(=O)c1ccc(-c2cnc(N)c(-c3nnc(-c4ccc(CN[C@@H]5CCOC5)cc4F)o3)n2)cc1. The number of rotatable bonds is 10. The smallest absolute Gasteiger partial charge is 0.270 e. The molecule has 1 fully saturated rings. The highest BCUT2D eigenvalue weighted by molar-refractivity contribution is 7.92. The first kappa shape index (κ1) is 27.8. The van der Waals surface area contributed by atoms with Gasteiger partial charge in [0.05, 0.1) is 34.2 Å². The zero-order chi connectivity index (χ0) is 28.3. The van der Waals surface area contributed by atoms with Crippen LogP contribution in [0.1, 0.15) is 25.3 Å². The van der Waals surface area contributed by atoms with E-state index in [1.165, 1.54) is 24.4 Å². The topological polar surface area (TPSA) is 166 Å². The number of nitrogen functional groups attached to an aromatic ring is 1. The molecule has 2 atom stereocenters. The quantitative estimate of drug-likeness (QED) is 0.257. The van der Waals surface area contributed by atoms with Crippen LogP contribution >= 0.6 is 0 Å². The molecule has 0 bridgehead atoms. The van der Waals surface area contributed by atoms with Crippen molar-refractivity contribution in [1.29, 1.82) is 0 Å². The molecule has 1 saturated heterocycles. The largest absolute Gasteiger partial charge is 0.414 e. The van der Waals surface area contributed by atoms with Crippen molar-refractivity contribution in [3.05, 3.63) is 60.0 Å². The average Bonchev–Trinajstić information content (AvgIpc) is 3.65. The molecule has 1 aliphatic heterocycles. The molecule has 4 N–H and O–H groups in total. The third-order valence-electron chi connectivity index (χ3n) is 6.76. The van der Waals surface area contributed by atoms with Crippen molar-refractivity contribution in [2.45, 2.75) is 42.5 Å². The summed E-state index contributed by atoms with van der Waals surface area (Å²) >= 11 is 0. The van der Waals surface area contributed by atoms with Gasteiger partial charge in [0, 0.05) is 31.4 Å². The van der Waals surface area contributed by atoms with Crippen molar-refractivity contribution in [3.63, 3.8) is 0 Å². The maximum atomic E-state index is 14.9. The molecule has 210 valence electrons. The Hall–Kier alpha value is -3.78. The zero-order valence-corrected chi connectivity index (χ0v) is 22.6. The van der Waals surface area contributed by atoms with Crippen LogP contribution in [0.25, 0.3) is 34.3 Å². The number of aromatic nitrogens is 4. The Kier molecular flexibility index (Phi) is 8.17. The molecule has 0 radical (unpaired) electrons. The lowest BCUT2D eigenvalue weighted by Gasteiger charge is -2.12. The maximum absolute atomic E-state index is 14.9. The molecule has 11 nitrogen and oxygen atoms in total. The summed E-state index contributed by atoms with van der Waals surface area (Å²) in [5, 5.41) is 19.7. The van der Waals surface area contributed by atoms with Gasteiger partial charge in [0.2, 0.25) is 0 Å². The molecule has 0 saturated carbocycles. The first-order chi connectivity index (χ1) is 19.3. The van der Waals surface area contributed by atoms with Crippen LogP contribution in [0.2, 0.25) is 0 Å². The second kappa shape index (κ2) is 11.8. The van der Waals surface area contributed by atoms with Crippen LogP contribution in [-0.2, 0) is 21.1 Å². The molecular weight excluding hydrogens is 539 g/mol. The predicted octanol–water partition coefficient (Wildman–Crippen LogP) is 3.01. The highest BCUT2D eigenvalue weighted by Crippen LogP contribution is 2.30. The number of nitrogens with one attached hydrogen (secondary N) is 1. The first-order valence-electron chi connectivity index (χ1n) is 12.8. The van der Waals surface area contributed by atoms with E-state index >= 15 is 0 Å². The van der Waals surface area contributed by atoms with Gasteiger partial charge in [0.1, 0.15) is 5.82 Å². The molecule has 13 heteroatoms. The number of benzene rings is 2. The molecule has 5 rings (SSSR count). The monoisotopic (exact) mass is 568 g/mol. The van der Waals surface area contributed by atoms with Gasteiger partial charge in [-0.2, -0.15) is 0 Å². The highest BCUT2D eigenvalue weighted by atomic mass is 32.2. The van der Waals surface area contributed by atoms with Gasteiger partial charge in [-0.05, 0) is 49.6 Å². The summed E-state index contributed by atoms with van der Waals surface area (Å²) in [4.78, 5) is 8.81. The summed E-state index contributed by atoms with van der Waals surface area (Å²) in [6.45, 7) is 3.22. The molecule has 0 aliphatic carbocycles. The summed E-state index contributed by atoms with van der Waals surface area (Å²) in [5.41, 5.74) is 8.05. The fourth-order valence-electron chi connectivity index (χ4n) is 4.31. The molecule has 2 aromatic carbocycles. The molecule has 2 aromatic heterocycles. The fraction of sp³-hybridized carbons (Fsp3) is 0.333. The Morgan fingerprint density at radius 3 is 2.65 bits per heavy atom. The Labute approximate surface area is 230 Å². The minimum absolute atomic E-state index is 0.0330. The van der Waals surface area contributed by atoms with Crippen molar-refractivity contribution in [3.8, 4) is 34.3 Å². The van der Waals surface area contributed by atoms with Crippen LogP contribution in [-0.4, -0.2) is 64.8 Å². The van der Waals surface area contributed by atoms with Crippen molar-refractivity contribution in [1.82, 2.24) is 25.5 Å².